The van der Waals surface area contributed by atoms with Crippen LogP contribution in [-0.4, -0.2) is 29.7 Å². The number of methoxy groups -OCH3 is 1. The SMILES string of the molecule is C#CCCOc1cncc(C(=O)OC)n1. The topological polar surface area (TPSA) is 61.3 Å². The second-order valence-corrected chi connectivity index (χ2v) is 2.54. The van der Waals surface area contributed by atoms with Gasteiger partial charge in [-0.25, -0.2) is 9.78 Å². The van der Waals surface area contributed by atoms with E-state index in [1.54, 1.807) is 0 Å². The van der Waals surface area contributed by atoms with Crippen LogP contribution < -0.4 is 4.74 Å². The molecule has 0 aliphatic heterocycles. The van der Waals surface area contributed by atoms with Crippen molar-refractivity contribution in [2.75, 3.05) is 13.7 Å². The van der Waals surface area contributed by atoms with Gasteiger partial charge in [-0.05, 0) is 0 Å². The van der Waals surface area contributed by atoms with Gasteiger partial charge in [-0.1, -0.05) is 0 Å². The van der Waals surface area contributed by atoms with Crippen molar-refractivity contribution in [1.29, 1.82) is 0 Å². The van der Waals surface area contributed by atoms with Crippen LogP contribution >= 0.6 is 0 Å². The predicted octanol–water partition coefficient (Wildman–Crippen LogP) is 0.665. The molecule has 1 heterocycles. The summed E-state index contributed by atoms with van der Waals surface area (Å²) in [5.41, 5.74) is 0.107. The van der Waals surface area contributed by atoms with Crippen LogP contribution in [0.2, 0.25) is 0 Å². The van der Waals surface area contributed by atoms with E-state index in [9.17, 15) is 4.79 Å². The summed E-state index contributed by atoms with van der Waals surface area (Å²) in [5, 5.41) is 0. The fourth-order valence-electron chi connectivity index (χ4n) is 0.835. The summed E-state index contributed by atoms with van der Waals surface area (Å²) in [6, 6.07) is 0. The van der Waals surface area contributed by atoms with Crippen LogP contribution in [0.4, 0.5) is 0 Å². The average molecular weight is 206 g/mol. The molecule has 15 heavy (non-hydrogen) atoms. The minimum atomic E-state index is -0.551. The van der Waals surface area contributed by atoms with Gasteiger partial charge < -0.3 is 9.47 Å². The van der Waals surface area contributed by atoms with Crippen molar-refractivity contribution in [3.05, 3.63) is 18.1 Å². The lowest BCUT2D eigenvalue weighted by Crippen LogP contribution is -2.07. The molecular weight excluding hydrogens is 196 g/mol. The molecule has 0 bridgehead atoms. The van der Waals surface area contributed by atoms with Crippen molar-refractivity contribution in [3.63, 3.8) is 0 Å². The van der Waals surface area contributed by atoms with Gasteiger partial charge in [-0.15, -0.1) is 12.3 Å². The van der Waals surface area contributed by atoms with Crippen molar-refractivity contribution < 1.29 is 14.3 Å². The Balaban J connectivity index is 2.66. The Morgan fingerprint density at radius 3 is 3.07 bits per heavy atom. The molecule has 0 spiro atoms. The van der Waals surface area contributed by atoms with Gasteiger partial charge in [0.05, 0.1) is 19.5 Å². The second kappa shape index (κ2) is 5.60. The standard InChI is InChI=1S/C10H10N2O3/c1-3-4-5-15-9-7-11-6-8(12-9)10(13)14-2/h1,6-7H,4-5H2,2H3. The summed E-state index contributed by atoms with van der Waals surface area (Å²) in [5.74, 6) is 2.13. The van der Waals surface area contributed by atoms with E-state index in [4.69, 9.17) is 11.2 Å². The van der Waals surface area contributed by atoms with Crippen LogP contribution in [-0.2, 0) is 4.74 Å². The number of aromatic nitrogens is 2. The molecule has 0 fully saturated rings. The van der Waals surface area contributed by atoms with Gasteiger partial charge in [0.25, 0.3) is 0 Å². The third-order valence-electron chi connectivity index (χ3n) is 1.50. The summed E-state index contributed by atoms with van der Waals surface area (Å²) in [4.78, 5) is 18.8. The third-order valence-corrected chi connectivity index (χ3v) is 1.50. The van der Waals surface area contributed by atoms with Crippen molar-refractivity contribution >= 4 is 5.97 Å². The Labute approximate surface area is 87.4 Å². The van der Waals surface area contributed by atoms with Gasteiger partial charge in [-0.2, -0.15) is 0 Å². The summed E-state index contributed by atoms with van der Waals surface area (Å²) in [6.45, 7) is 0.343. The van der Waals surface area contributed by atoms with E-state index in [1.807, 2.05) is 0 Å². The molecule has 0 aliphatic rings. The highest BCUT2D eigenvalue weighted by atomic mass is 16.5. The van der Waals surface area contributed by atoms with Crippen molar-refractivity contribution in [3.8, 4) is 18.2 Å². The summed E-state index contributed by atoms with van der Waals surface area (Å²) in [6.07, 6.45) is 8.24. The summed E-state index contributed by atoms with van der Waals surface area (Å²) in [7, 11) is 1.27. The number of hydrogen-bond acceptors (Lipinski definition) is 5. The van der Waals surface area contributed by atoms with Gasteiger partial charge >= 0.3 is 5.97 Å². The molecule has 0 unspecified atom stereocenters. The highest BCUT2D eigenvalue weighted by Gasteiger charge is 2.08. The normalized spacial score (nSPS) is 9.07. The van der Waals surface area contributed by atoms with Crippen molar-refractivity contribution in [2.24, 2.45) is 0 Å². The molecule has 78 valence electrons. The Morgan fingerprint density at radius 1 is 1.60 bits per heavy atom. The lowest BCUT2D eigenvalue weighted by Gasteiger charge is -2.03. The number of carbonyl (C=O) groups is 1. The quantitative estimate of drug-likeness (QED) is 0.411. The molecule has 1 rings (SSSR count). The Kier molecular flexibility index (Phi) is 4.10. The van der Waals surface area contributed by atoms with Crippen LogP contribution in [0, 0.1) is 12.3 Å². The molecule has 0 radical (unpaired) electrons. The number of terminal acetylenes is 1. The van der Waals surface area contributed by atoms with E-state index < -0.39 is 5.97 Å². The minimum Gasteiger partial charge on any atom is -0.476 e. The number of rotatable bonds is 4. The van der Waals surface area contributed by atoms with Gasteiger partial charge in [0.1, 0.15) is 6.61 Å². The highest BCUT2D eigenvalue weighted by molar-refractivity contribution is 5.86. The molecular formula is C10H10N2O3. The largest absolute Gasteiger partial charge is 0.476 e. The van der Waals surface area contributed by atoms with Crippen LogP contribution in [0.25, 0.3) is 0 Å². The second-order valence-electron chi connectivity index (χ2n) is 2.54. The third kappa shape index (κ3) is 3.27. The van der Waals surface area contributed by atoms with E-state index in [1.165, 1.54) is 19.5 Å². The van der Waals surface area contributed by atoms with Gasteiger partial charge in [-0.3, -0.25) is 4.98 Å². The maximum atomic E-state index is 11.1. The average Bonchev–Trinajstić information content (AvgIpc) is 2.29. The lowest BCUT2D eigenvalue weighted by atomic mass is 10.4. The number of esters is 1. The molecule has 0 saturated carbocycles. The van der Waals surface area contributed by atoms with E-state index in [-0.39, 0.29) is 11.6 Å². The van der Waals surface area contributed by atoms with Crippen molar-refractivity contribution in [1.82, 2.24) is 9.97 Å². The van der Waals surface area contributed by atoms with E-state index in [0.29, 0.717) is 13.0 Å². The Bertz CT molecular complexity index is 384. The van der Waals surface area contributed by atoms with Crippen LogP contribution in [0.5, 0.6) is 5.88 Å². The van der Waals surface area contributed by atoms with Crippen LogP contribution in [0.15, 0.2) is 12.4 Å². The van der Waals surface area contributed by atoms with E-state index in [0.717, 1.165) is 0 Å². The molecule has 0 aliphatic carbocycles. The maximum absolute atomic E-state index is 11.1. The van der Waals surface area contributed by atoms with Gasteiger partial charge in [0, 0.05) is 6.42 Å². The van der Waals surface area contributed by atoms with Crippen LogP contribution in [0.3, 0.4) is 0 Å². The zero-order chi connectivity index (χ0) is 11.1. The predicted molar refractivity (Wildman–Crippen MR) is 52.3 cm³/mol. The number of ether oxygens (including phenoxy) is 2. The molecule has 5 nitrogen and oxygen atoms in total. The zero-order valence-corrected chi connectivity index (χ0v) is 8.27. The van der Waals surface area contributed by atoms with Gasteiger partial charge in [0.15, 0.2) is 5.69 Å². The smallest absolute Gasteiger partial charge is 0.358 e. The van der Waals surface area contributed by atoms with E-state index >= 15 is 0 Å². The van der Waals surface area contributed by atoms with Crippen LogP contribution in [0.1, 0.15) is 16.9 Å². The van der Waals surface area contributed by atoms with E-state index in [2.05, 4.69) is 20.6 Å². The first-order chi connectivity index (χ1) is 7.27. The Hall–Kier alpha value is -2.09. The summed E-state index contributed by atoms with van der Waals surface area (Å²) < 4.78 is 9.65. The molecule has 5 heteroatoms. The monoisotopic (exact) mass is 206 g/mol. The fraction of sp³-hybridized carbons (Fsp3) is 0.300. The molecule has 0 N–H and O–H groups in total. The molecule has 0 atom stereocenters. The fourth-order valence-corrected chi connectivity index (χ4v) is 0.835. The lowest BCUT2D eigenvalue weighted by molar-refractivity contribution is 0.0592. The molecule has 0 aromatic carbocycles. The number of carbonyl (C=O) groups excluding carboxylic acids is 1. The van der Waals surface area contributed by atoms with Crippen molar-refractivity contribution in [2.45, 2.75) is 6.42 Å². The highest BCUT2D eigenvalue weighted by Crippen LogP contribution is 2.06. The number of hydrogen-bond donors (Lipinski definition) is 0. The summed E-state index contributed by atoms with van der Waals surface area (Å²) >= 11 is 0. The molecule has 0 amide bonds. The first-order valence-electron chi connectivity index (χ1n) is 4.24. The molecule has 1 aromatic rings. The first kappa shape index (κ1) is 11.0. The molecule has 1 aromatic heterocycles. The number of nitrogens with zero attached hydrogens (tertiary/aromatic N) is 2. The Morgan fingerprint density at radius 2 is 2.40 bits per heavy atom. The maximum Gasteiger partial charge on any atom is 0.358 e. The zero-order valence-electron chi connectivity index (χ0n) is 8.27. The minimum absolute atomic E-state index is 0.107. The van der Waals surface area contributed by atoms with Gasteiger partial charge in [0.2, 0.25) is 5.88 Å². The first-order valence-corrected chi connectivity index (χ1v) is 4.24. The molecule has 0 saturated heterocycles.